The maximum Gasteiger partial charge on any atom is 0.119 e. The van der Waals surface area contributed by atoms with Gasteiger partial charge in [-0.1, -0.05) is 25.0 Å². The molecule has 0 amide bonds. The van der Waals surface area contributed by atoms with Crippen LogP contribution in [0.3, 0.4) is 0 Å². The molecule has 3 rings (SSSR count). The molecule has 19 heavy (non-hydrogen) atoms. The molecule has 102 valence electrons. The predicted molar refractivity (Wildman–Crippen MR) is 79.2 cm³/mol. The van der Waals surface area contributed by atoms with Crippen molar-refractivity contribution in [2.45, 2.75) is 44.4 Å². The number of fused-ring (bicyclic) bond motifs is 1. The van der Waals surface area contributed by atoms with Crippen LogP contribution in [0.15, 0.2) is 29.3 Å². The Morgan fingerprint density at radius 1 is 1.26 bits per heavy atom. The highest BCUT2D eigenvalue weighted by molar-refractivity contribution is 5.87. The van der Waals surface area contributed by atoms with Crippen LogP contribution in [0.4, 0.5) is 0 Å². The van der Waals surface area contributed by atoms with Crippen molar-refractivity contribution in [2.75, 3.05) is 13.7 Å². The summed E-state index contributed by atoms with van der Waals surface area (Å²) in [6.07, 6.45) is 6.50. The molecule has 2 atom stereocenters. The fourth-order valence-corrected chi connectivity index (χ4v) is 4.11. The van der Waals surface area contributed by atoms with E-state index in [1.807, 2.05) is 6.07 Å². The van der Waals surface area contributed by atoms with Gasteiger partial charge in [-0.2, -0.15) is 0 Å². The van der Waals surface area contributed by atoms with Crippen molar-refractivity contribution in [1.29, 1.82) is 0 Å². The highest BCUT2D eigenvalue weighted by Gasteiger charge is 2.44. The molecule has 0 aromatic heterocycles. The van der Waals surface area contributed by atoms with Gasteiger partial charge in [0.2, 0.25) is 0 Å². The lowest BCUT2D eigenvalue weighted by molar-refractivity contribution is 0.216. The fraction of sp³-hybridized carbons (Fsp3) is 0.588. The Morgan fingerprint density at radius 2 is 2.16 bits per heavy atom. The third-order valence-corrected chi connectivity index (χ3v) is 5.10. The first kappa shape index (κ1) is 12.7. The Morgan fingerprint density at radius 3 is 3.00 bits per heavy atom. The summed E-state index contributed by atoms with van der Waals surface area (Å²) in [5, 5.41) is 0. The SMILES string of the molecule is COc1cccc(C23CCCCC2C(C)=NCC3)c1. The molecule has 1 aromatic carbocycles. The average molecular weight is 257 g/mol. The Labute approximate surface area is 115 Å². The Balaban J connectivity index is 2.05. The van der Waals surface area contributed by atoms with Gasteiger partial charge in [0.05, 0.1) is 7.11 Å². The number of aliphatic imine (C=N–C) groups is 1. The molecular formula is C17H23NO. The molecule has 0 radical (unpaired) electrons. The Hall–Kier alpha value is -1.31. The monoisotopic (exact) mass is 257 g/mol. The Kier molecular flexibility index (Phi) is 3.34. The summed E-state index contributed by atoms with van der Waals surface area (Å²) < 4.78 is 5.42. The lowest BCUT2D eigenvalue weighted by Gasteiger charge is -2.47. The number of ether oxygens (including phenoxy) is 1. The highest BCUT2D eigenvalue weighted by atomic mass is 16.5. The van der Waals surface area contributed by atoms with E-state index in [1.165, 1.54) is 43.4 Å². The van der Waals surface area contributed by atoms with E-state index in [9.17, 15) is 0 Å². The predicted octanol–water partition coefficient (Wildman–Crippen LogP) is 3.99. The average Bonchev–Trinajstić information content (AvgIpc) is 2.48. The van der Waals surface area contributed by atoms with Crippen LogP contribution in [-0.4, -0.2) is 19.4 Å². The molecule has 2 unspecified atom stereocenters. The minimum absolute atomic E-state index is 0.318. The zero-order valence-corrected chi connectivity index (χ0v) is 12.0. The minimum atomic E-state index is 0.318. The van der Waals surface area contributed by atoms with E-state index in [0.29, 0.717) is 11.3 Å². The fourth-order valence-electron chi connectivity index (χ4n) is 4.11. The zero-order chi connectivity index (χ0) is 13.3. The highest BCUT2D eigenvalue weighted by Crippen LogP contribution is 2.49. The zero-order valence-electron chi connectivity index (χ0n) is 12.0. The van der Waals surface area contributed by atoms with Gasteiger partial charge in [0.25, 0.3) is 0 Å². The smallest absolute Gasteiger partial charge is 0.119 e. The van der Waals surface area contributed by atoms with Gasteiger partial charge in [-0.05, 0) is 43.9 Å². The second-order valence-electron chi connectivity index (χ2n) is 5.96. The molecule has 2 heteroatoms. The van der Waals surface area contributed by atoms with Crippen LogP contribution in [0.25, 0.3) is 0 Å². The summed E-state index contributed by atoms with van der Waals surface area (Å²) in [5.41, 5.74) is 3.15. The maximum absolute atomic E-state index is 5.42. The third kappa shape index (κ3) is 2.07. The molecule has 1 heterocycles. The van der Waals surface area contributed by atoms with Crippen molar-refractivity contribution in [3.63, 3.8) is 0 Å². The first-order valence-electron chi connectivity index (χ1n) is 7.42. The van der Waals surface area contributed by atoms with Crippen molar-refractivity contribution in [1.82, 2.24) is 0 Å². The standard InChI is InChI=1S/C17H23NO/c1-13-16-8-3-4-9-17(16,10-11-18-13)14-6-5-7-15(12-14)19-2/h5-7,12,16H,3-4,8-11H2,1-2H3. The van der Waals surface area contributed by atoms with Gasteiger partial charge in [-0.25, -0.2) is 0 Å². The van der Waals surface area contributed by atoms with Crippen molar-refractivity contribution in [3.8, 4) is 5.75 Å². The van der Waals surface area contributed by atoms with Gasteiger partial charge in [-0.15, -0.1) is 0 Å². The van der Waals surface area contributed by atoms with Gasteiger partial charge in [0.15, 0.2) is 0 Å². The van der Waals surface area contributed by atoms with Crippen LogP contribution in [0, 0.1) is 5.92 Å². The minimum Gasteiger partial charge on any atom is -0.497 e. The molecule has 0 bridgehead atoms. The molecule has 1 saturated carbocycles. The normalized spacial score (nSPS) is 30.4. The van der Waals surface area contributed by atoms with Gasteiger partial charge in [-0.3, -0.25) is 4.99 Å². The molecule has 2 aliphatic rings. The summed E-state index contributed by atoms with van der Waals surface area (Å²) >= 11 is 0. The summed E-state index contributed by atoms with van der Waals surface area (Å²) in [5.74, 6) is 1.62. The summed E-state index contributed by atoms with van der Waals surface area (Å²) in [6, 6.07) is 8.72. The molecule has 1 aromatic rings. The van der Waals surface area contributed by atoms with Crippen LogP contribution in [0.2, 0.25) is 0 Å². The van der Waals surface area contributed by atoms with Crippen LogP contribution in [-0.2, 0) is 5.41 Å². The summed E-state index contributed by atoms with van der Waals surface area (Å²) in [6.45, 7) is 3.21. The van der Waals surface area contributed by atoms with Gasteiger partial charge < -0.3 is 4.74 Å². The molecule has 0 N–H and O–H groups in total. The van der Waals surface area contributed by atoms with Crippen molar-refractivity contribution in [3.05, 3.63) is 29.8 Å². The molecule has 1 aliphatic carbocycles. The lowest BCUT2D eigenvalue weighted by atomic mass is 9.58. The van der Waals surface area contributed by atoms with E-state index < -0.39 is 0 Å². The first-order chi connectivity index (χ1) is 9.26. The molecule has 2 nitrogen and oxygen atoms in total. The van der Waals surface area contributed by atoms with Crippen LogP contribution < -0.4 is 4.74 Å². The molecule has 1 fully saturated rings. The van der Waals surface area contributed by atoms with Crippen molar-refractivity contribution >= 4 is 5.71 Å². The third-order valence-electron chi connectivity index (χ3n) is 5.10. The first-order valence-corrected chi connectivity index (χ1v) is 7.42. The van der Waals surface area contributed by atoms with Crippen molar-refractivity contribution < 1.29 is 4.74 Å². The van der Waals surface area contributed by atoms with Crippen LogP contribution >= 0.6 is 0 Å². The number of benzene rings is 1. The van der Waals surface area contributed by atoms with Crippen LogP contribution in [0.5, 0.6) is 5.75 Å². The molecular weight excluding hydrogens is 234 g/mol. The topological polar surface area (TPSA) is 21.6 Å². The number of hydrogen-bond donors (Lipinski definition) is 0. The van der Waals surface area contributed by atoms with E-state index in [4.69, 9.17) is 9.73 Å². The van der Waals surface area contributed by atoms with Gasteiger partial charge in [0, 0.05) is 23.6 Å². The van der Waals surface area contributed by atoms with Gasteiger partial charge in [0.1, 0.15) is 5.75 Å². The number of rotatable bonds is 2. The summed E-state index contributed by atoms with van der Waals surface area (Å²) in [4.78, 5) is 4.71. The second-order valence-corrected chi connectivity index (χ2v) is 5.96. The molecule has 0 spiro atoms. The summed E-state index contributed by atoms with van der Waals surface area (Å²) in [7, 11) is 1.75. The second kappa shape index (κ2) is 4.99. The van der Waals surface area contributed by atoms with Gasteiger partial charge >= 0.3 is 0 Å². The van der Waals surface area contributed by atoms with E-state index >= 15 is 0 Å². The van der Waals surface area contributed by atoms with Crippen LogP contribution in [0.1, 0.15) is 44.6 Å². The number of methoxy groups -OCH3 is 1. The van der Waals surface area contributed by atoms with Crippen molar-refractivity contribution in [2.24, 2.45) is 10.9 Å². The largest absolute Gasteiger partial charge is 0.497 e. The lowest BCUT2D eigenvalue weighted by Crippen LogP contribution is -2.44. The number of hydrogen-bond acceptors (Lipinski definition) is 2. The van der Waals surface area contributed by atoms with E-state index in [1.54, 1.807) is 7.11 Å². The quantitative estimate of drug-likeness (QED) is 0.785. The molecule has 0 saturated heterocycles. The van der Waals surface area contributed by atoms with E-state index in [-0.39, 0.29) is 0 Å². The molecule has 1 aliphatic heterocycles. The number of nitrogens with zero attached hydrogens (tertiary/aromatic N) is 1. The Bertz CT molecular complexity index is 494. The van der Waals surface area contributed by atoms with E-state index in [0.717, 1.165) is 12.3 Å². The van der Waals surface area contributed by atoms with E-state index in [2.05, 4.69) is 25.1 Å². The maximum atomic E-state index is 5.42.